The van der Waals surface area contributed by atoms with Gasteiger partial charge >= 0.3 is 156 Å². The van der Waals surface area contributed by atoms with Gasteiger partial charge in [0.1, 0.15) is 0 Å². The Balaban J connectivity index is 2.11. The SMILES string of the molecule is CC(NC(=O)C(NC(=O)[C@@H]1CCCN1C(=O)[C@H](CC(=O)O)N=CB=O)C(C)C)c1ccccc1. The van der Waals surface area contributed by atoms with E-state index < -0.39 is 42.3 Å². The first-order valence-electron chi connectivity index (χ1n) is 11.3. The van der Waals surface area contributed by atoms with Crippen molar-refractivity contribution in [2.45, 2.75) is 64.2 Å². The van der Waals surface area contributed by atoms with E-state index in [9.17, 15) is 23.9 Å². The Bertz CT molecular complexity index is 923. The van der Waals surface area contributed by atoms with E-state index in [1.165, 1.54) is 4.90 Å². The van der Waals surface area contributed by atoms with E-state index in [0.29, 0.717) is 20.0 Å². The zero-order chi connectivity index (χ0) is 25.3. The van der Waals surface area contributed by atoms with Gasteiger partial charge in [0.05, 0.1) is 0 Å². The van der Waals surface area contributed by atoms with Crippen LogP contribution in [0.2, 0.25) is 0 Å². The topological polar surface area (TPSA) is 145 Å². The smallest absolute Gasteiger partial charge is 0.0260 e. The van der Waals surface area contributed by atoms with Crippen molar-refractivity contribution < 1.29 is 29.0 Å². The van der Waals surface area contributed by atoms with E-state index in [-0.39, 0.29) is 24.4 Å². The molecule has 1 heterocycles. The van der Waals surface area contributed by atoms with Gasteiger partial charge in [-0.15, -0.1) is 0 Å². The molecule has 3 N–H and O–H groups in total. The molecule has 0 bridgehead atoms. The average molecular weight is 470 g/mol. The predicted molar refractivity (Wildman–Crippen MR) is 125 cm³/mol. The molecule has 2 unspecified atom stereocenters. The number of carbonyl (C=O) groups excluding carboxylic acids is 3. The molecule has 4 atom stereocenters. The first kappa shape index (κ1) is 26.9. The van der Waals surface area contributed by atoms with Crippen LogP contribution in [-0.2, 0) is 23.9 Å². The maximum atomic E-state index is 13.1. The predicted octanol–water partition coefficient (Wildman–Crippen LogP) is 0.917. The first-order valence-corrected chi connectivity index (χ1v) is 11.3. The van der Waals surface area contributed by atoms with Crippen LogP contribution in [0.3, 0.4) is 0 Å². The third kappa shape index (κ3) is 7.33. The number of likely N-dealkylation sites (tertiary alicyclic amines) is 1. The normalized spacial score (nSPS) is 18.2. The number of aliphatic imine (C=N–C) groups is 1. The molecule has 1 saturated heterocycles. The molecule has 182 valence electrons. The van der Waals surface area contributed by atoms with Crippen LogP contribution < -0.4 is 10.6 Å². The molecule has 0 radical (unpaired) electrons. The summed E-state index contributed by atoms with van der Waals surface area (Å²) in [5, 5.41) is 14.8. The molecule has 1 fully saturated rings. The summed E-state index contributed by atoms with van der Waals surface area (Å²) < 4.78 is 10.6. The Morgan fingerprint density at radius 2 is 1.85 bits per heavy atom. The van der Waals surface area contributed by atoms with Gasteiger partial charge in [0, 0.05) is 0 Å². The number of nitrogens with zero attached hydrogens (tertiary/aromatic N) is 2. The Labute approximate surface area is 199 Å². The molecule has 0 aliphatic carbocycles. The molecule has 0 aromatic heterocycles. The van der Waals surface area contributed by atoms with Crippen LogP contribution in [0, 0.1) is 5.92 Å². The molecule has 0 saturated carbocycles. The Morgan fingerprint density at radius 1 is 1.18 bits per heavy atom. The number of hydrogen-bond donors (Lipinski definition) is 3. The number of amides is 3. The van der Waals surface area contributed by atoms with E-state index in [1.807, 2.05) is 51.1 Å². The van der Waals surface area contributed by atoms with Crippen LogP contribution >= 0.6 is 0 Å². The molecule has 1 aromatic carbocycles. The molecule has 0 spiro atoms. The van der Waals surface area contributed by atoms with Crippen molar-refractivity contribution >= 4 is 37.0 Å². The van der Waals surface area contributed by atoms with Crippen molar-refractivity contribution in [3.63, 3.8) is 0 Å². The van der Waals surface area contributed by atoms with Crippen LogP contribution in [-0.4, -0.2) is 71.6 Å². The Morgan fingerprint density at radius 3 is 2.44 bits per heavy atom. The van der Waals surface area contributed by atoms with Crippen LogP contribution in [0.5, 0.6) is 0 Å². The van der Waals surface area contributed by atoms with E-state index in [1.54, 1.807) is 0 Å². The van der Waals surface area contributed by atoms with Crippen LogP contribution in [0.25, 0.3) is 0 Å². The summed E-state index contributed by atoms with van der Waals surface area (Å²) in [4.78, 5) is 55.1. The molecular weight excluding hydrogens is 439 g/mol. The average Bonchev–Trinajstić information content (AvgIpc) is 3.29. The number of rotatable bonds is 11. The number of carbonyl (C=O) groups is 4. The van der Waals surface area contributed by atoms with Gasteiger partial charge in [-0.1, -0.05) is 30.3 Å². The second-order valence-electron chi connectivity index (χ2n) is 8.61. The quantitative estimate of drug-likeness (QED) is 0.324. The van der Waals surface area contributed by atoms with E-state index >= 15 is 0 Å². The zero-order valence-corrected chi connectivity index (χ0v) is 19.6. The molecule has 2 rings (SSSR count). The van der Waals surface area contributed by atoms with E-state index in [4.69, 9.17) is 5.11 Å². The maximum absolute atomic E-state index is 13.1. The summed E-state index contributed by atoms with van der Waals surface area (Å²) in [7, 11) is 0.360. The molecule has 1 aromatic rings. The summed E-state index contributed by atoms with van der Waals surface area (Å²) in [6, 6.07) is 6.21. The maximum Gasteiger partial charge on any atom is -0.0260 e. The van der Waals surface area contributed by atoms with Crippen LogP contribution in [0.4, 0.5) is 0 Å². The molecule has 1 aliphatic rings. The van der Waals surface area contributed by atoms with Crippen molar-refractivity contribution in [2.24, 2.45) is 10.9 Å². The van der Waals surface area contributed by atoms with Gasteiger partial charge in [0.2, 0.25) is 0 Å². The van der Waals surface area contributed by atoms with Gasteiger partial charge in [-0.2, -0.15) is 0 Å². The van der Waals surface area contributed by atoms with E-state index in [2.05, 4.69) is 15.6 Å². The largest absolute Gasteiger partial charge is 0.0622 e. The molecule has 10 nitrogen and oxygen atoms in total. The number of carboxylic acid groups (broad SMARTS) is 1. The third-order valence-electron chi connectivity index (χ3n) is 5.72. The van der Waals surface area contributed by atoms with Crippen molar-refractivity contribution in [1.82, 2.24) is 15.5 Å². The minimum Gasteiger partial charge on any atom is -0.0622 e. The fraction of sp³-hybridized carbons (Fsp3) is 0.522. The minimum atomic E-state index is -1.30. The standard InChI is InChI=1S/C23H31BN4O6/c1-14(2)20(22(32)26-15(3)16-8-5-4-6-9-16)27-21(31)18-10-7-11-28(18)23(33)17(12-19(29)30)25-13-24-34/h4-6,8-9,13-15,17-18,20H,7,10-12H2,1-3H3,(H,26,32)(H,27,31)(H,29,30)/t15?,17-,18-,20?/m0/s1. The van der Waals surface area contributed by atoms with Gasteiger partial charge in [0.15, 0.2) is 0 Å². The van der Waals surface area contributed by atoms with Crippen molar-refractivity contribution in [3.05, 3.63) is 35.9 Å². The molecule has 3 amide bonds. The monoisotopic (exact) mass is 470 g/mol. The fourth-order valence-corrected chi connectivity index (χ4v) is 3.92. The van der Waals surface area contributed by atoms with Gasteiger partial charge in [0.25, 0.3) is 0 Å². The second-order valence-corrected chi connectivity index (χ2v) is 8.61. The van der Waals surface area contributed by atoms with Gasteiger partial charge in [-0.05, 0) is 12.5 Å². The van der Waals surface area contributed by atoms with Crippen molar-refractivity contribution in [1.29, 1.82) is 0 Å². The first-order chi connectivity index (χ1) is 16.1. The number of carboxylic acids is 1. The fourth-order valence-electron chi connectivity index (χ4n) is 3.92. The number of nitrogens with one attached hydrogen (secondary N) is 2. The van der Waals surface area contributed by atoms with Gasteiger partial charge < -0.3 is 0 Å². The summed E-state index contributed by atoms with van der Waals surface area (Å²) in [6.45, 7) is 5.73. The van der Waals surface area contributed by atoms with Crippen LogP contribution in [0.1, 0.15) is 51.6 Å². The van der Waals surface area contributed by atoms with Crippen molar-refractivity contribution in [3.8, 4) is 0 Å². The summed E-state index contributed by atoms with van der Waals surface area (Å²) in [5.41, 5.74) is 0.928. The summed E-state index contributed by atoms with van der Waals surface area (Å²) >= 11 is 0. The Hall–Kier alpha value is -3.37. The van der Waals surface area contributed by atoms with Gasteiger partial charge in [-0.25, -0.2) is 0 Å². The molecule has 11 heteroatoms. The minimum absolute atomic E-state index is 0.213. The third-order valence-corrected chi connectivity index (χ3v) is 5.72. The second kappa shape index (κ2) is 12.8. The molecule has 1 aliphatic heterocycles. The summed E-state index contributed by atoms with van der Waals surface area (Å²) in [5.74, 6) is -2.92. The summed E-state index contributed by atoms with van der Waals surface area (Å²) in [6.07, 6.45) is 1.16. The van der Waals surface area contributed by atoms with E-state index in [0.717, 1.165) is 11.7 Å². The molecule has 34 heavy (non-hydrogen) atoms. The zero-order valence-electron chi connectivity index (χ0n) is 19.6. The number of aliphatic carboxylic acids is 1. The molecular formula is C23H31BN4O6. The van der Waals surface area contributed by atoms with Gasteiger partial charge in [-0.3, -0.25) is 0 Å². The number of benzene rings is 1. The Kier molecular flexibility index (Phi) is 10.1. The van der Waals surface area contributed by atoms with Crippen molar-refractivity contribution in [2.75, 3.05) is 6.54 Å². The van der Waals surface area contributed by atoms with Crippen LogP contribution in [0.15, 0.2) is 35.3 Å². The number of hydrogen-bond acceptors (Lipinski definition) is 6.